The van der Waals surface area contributed by atoms with Gasteiger partial charge in [0.15, 0.2) is 0 Å². The van der Waals surface area contributed by atoms with Crippen molar-refractivity contribution in [3.8, 4) is 5.75 Å². The summed E-state index contributed by atoms with van der Waals surface area (Å²) in [5.41, 5.74) is 1.53. The molecule has 1 aliphatic carbocycles. The molecule has 0 heterocycles. The van der Waals surface area contributed by atoms with Crippen molar-refractivity contribution in [3.63, 3.8) is 0 Å². The van der Waals surface area contributed by atoms with Gasteiger partial charge in [-0.2, -0.15) is 0 Å². The molecule has 0 aromatic heterocycles. The van der Waals surface area contributed by atoms with Crippen LogP contribution >= 0.6 is 0 Å². The number of ether oxygens (including phenoxy) is 2. The predicted octanol–water partition coefficient (Wildman–Crippen LogP) is 3.54. The van der Waals surface area contributed by atoms with Crippen molar-refractivity contribution < 1.29 is 9.47 Å². The van der Waals surface area contributed by atoms with Gasteiger partial charge in [0.25, 0.3) is 0 Å². The molecule has 0 spiro atoms. The fraction of sp³-hybridized carbons (Fsp3) is 0.600. The van der Waals surface area contributed by atoms with Gasteiger partial charge in [-0.25, -0.2) is 0 Å². The molecular formula is C15H22O2. The molecule has 0 unspecified atom stereocenters. The molecule has 94 valence electrons. The summed E-state index contributed by atoms with van der Waals surface area (Å²) in [5.74, 6) is 0.928. The molecule has 1 aromatic carbocycles. The molecule has 1 fully saturated rings. The second-order valence-corrected chi connectivity index (χ2v) is 5.69. The van der Waals surface area contributed by atoms with Crippen LogP contribution in [0.5, 0.6) is 5.75 Å². The molecule has 1 saturated carbocycles. The second kappa shape index (κ2) is 5.09. The maximum Gasteiger partial charge on any atom is 0.119 e. The lowest BCUT2D eigenvalue weighted by atomic mass is 9.87. The van der Waals surface area contributed by atoms with Crippen molar-refractivity contribution >= 4 is 0 Å². The Balaban J connectivity index is 1.76. The largest absolute Gasteiger partial charge is 0.491 e. The maximum atomic E-state index is 5.63. The Morgan fingerprint density at radius 3 is 2.24 bits per heavy atom. The van der Waals surface area contributed by atoms with E-state index in [0.717, 1.165) is 5.75 Å². The monoisotopic (exact) mass is 234 g/mol. The van der Waals surface area contributed by atoms with E-state index in [4.69, 9.17) is 9.47 Å². The molecule has 2 nitrogen and oxygen atoms in total. The fourth-order valence-electron chi connectivity index (χ4n) is 1.66. The lowest BCUT2D eigenvalue weighted by Crippen LogP contribution is -2.11. The van der Waals surface area contributed by atoms with Crippen molar-refractivity contribution in [1.29, 1.82) is 0 Å². The molecule has 0 radical (unpaired) electrons. The van der Waals surface area contributed by atoms with E-state index in [0.29, 0.717) is 19.3 Å². The quantitative estimate of drug-likeness (QED) is 0.725. The van der Waals surface area contributed by atoms with Gasteiger partial charge in [-0.3, -0.25) is 0 Å². The van der Waals surface area contributed by atoms with Crippen molar-refractivity contribution in [1.82, 2.24) is 0 Å². The highest BCUT2D eigenvalue weighted by atomic mass is 16.5. The Kier molecular flexibility index (Phi) is 3.72. The van der Waals surface area contributed by atoms with Crippen LogP contribution in [0, 0.1) is 0 Å². The van der Waals surface area contributed by atoms with Crippen LogP contribution in [0.25, 0.3) is 0 Å². The van der Waals surface area contributed by atoms with Crippen LogP contribution in [0.15, 0.2) is 24.3 Å². The first-order valence-electron chi connectivity index (χ1n) is 6.41. The molecule has 0 atom stereocenters. The van der Waals surface area contributed by atoms with Crippen molar-refractivity contribution in [2.75, 3.05) is 13.2 Å². The summed E-state index contributed by atoms with van der Waals surface area (Å²) >= 11 is 0. The second-order valence-electron chi connectivity index (χ2n) is 5.69. The summed E-state index contributed by atoms with van der Waals surface area (Å²) in [5, 5.41) is 0. The fourth-order valence-corrected chi connectivity index (χ4v) is 1.66. The summed E-state index contributed by atoms with van der Waals surface area (Å²) in [7, 11) is 0. The van der Waals surface area contributed by atoms with Gasteiger partial charge in [0.1, 0.15) is 12.4 Å². The highest BCUT2D eigenvalue weighted by molar-refractivity contribution is 5.31. The molecule has 0 amide bonds. The highest BCUT2D eigenvalue weighted by Gasteiger charge is 2.21. The van der Waals surface area contributed by atoms with E-state index in [1.54, 1.807) is 0 Å². The standard InChI is InChI=1S/C15H22O2/c1-15(2,3)12-4-6-13(7-5-12)16-10-11-17-14-8-9-14/h4-7,14H,8-11H2,1-3H3. The third-order valence-corrected chi connectivity index (χ3v) is 2.95. The SMILES string of the molecule is CC(C)(C)c1ccc(OCCOC2CC2)cc1. The Morgan fingerprint density at radius 2 is 1.71 bits per heavy atom. The Hall–Kier alpha value is -1.02. The molecule has 1 aliphatic rings. The Bertz CT molecular complexity index is 344. The minimum Gasteiger partial charge on any atom is -0.491 e. The number of hydrogen-bond acceptors (Lipinski definition) is 2. The van der Waals surface area contributed by atoms with Crippen molar-refractivity contribution in [3.05, 3.63) is 29.8 Å². The number of benzene rings is 1. The van der Waals surface area contributed by atoms with E-state index in [-0.39, 0.29) is 5.41 Å². The zero-order valence-corrected chi connectivity index (χ0v) is 11.0. The summed E-state index contributed by atoms with van der Waals surface area (Å²) < 4.78 is 11.2. The van der Waals surface area contributed by atoms with E-state index in [1.807, 2.05) is 12.1 Å². The van der Waals surface area contributed by atoms with E-state index >= 15 is 0 Å². The molecule has 0 bridgehead atoms. The molecule has 1 aromatic rings. The lowest BCUT2D eigenvalue weighted by Gasteiger charge is -2.19. The van der Waals surface area contributed by atoms with Crippen LogP contribution < -0.4 is 4.74 Å². The number of hydrogen-bond donors (Lipinski definition) is 0. The van der Waals surface area contributed by atoms with Gasteiger partial charge in [0.2, 0.25) is 0 Å². The van der Waals surface area contributed by atoms with Gasteiger partial charge in [-0.1, -0.05) is 32.9 Å². The van der Waals surface area contributed by atoms with E-state index in [2.05, 4.69) is 32.9 Å². The average Bonchev–Trinajstić information content (AvgIpc) is 3.08. The number of rotatable bonds is 5. The van der Waals surface area contributed by atoms with E-state index in [9.17, 15) is 0 Å². The zero-order chi connectivity index (χ0) is 12.3. The smallest absolute Gasteiger partial charge is 0.119 e. The van der Waals surface area contributed by atoms with Gasteiger partial charge >= 0.3 is 0 Å². The minimum atomic E-state index is 0.202. The third-order valence-electron chi connectivity index (χ3n) is 2.95. The van der Waals surface area contributed by atoms with Crippen LogP contribution in [0.4, 0.5) is 0 Å². The van der Waals surface area contributed by atoms with E-state index in [1.165, 1.54) is 18.4 Å². The minimum absolute atomic E-state index is 0.202. The van der Waals surface area contributed by atoms with Gasteiger partial charge in [-0.05, 0) is 36.0 Å². The first-order valence-corrected chi connectivity index (χ1v) is 6.41. The maximum absolute atomic E-state index is 5.63. The molecule has 0 aliphatic heterocycles. The van der Waals surface area contributed by atoms with Crippen LogP contribution in [-0.2, 0) is 10.2 Å². The van der Waals surface area contributed by atoms with Gasteiger partial charge in [0, 0.05) is 0 Å². The zero-order valence-electron chi connectivity index (χ0n) is 11.0. The normalized spacial score (nSPS) is 15.9. The third kappa shape index (κ3) is 4.04. The average molecular weight is 234 g/mol. The predicted molar refractivity (Wildman–Crippen MR) is 69.6 cm³/mol. The summed E-state index contributed by atoms with van der Waals surface area (Å²) in [6.07, 6.45) is 2.96. The lowest BCUT2D eigenvalue weighted by molar-refractivity contribution is 0.0881. The van der Waals surface area contributed by atoms with E-state index < -0.39 is 0 Å². The molecule has 2 heteroatoms. The molecular weight excluding hydrogens is 212 g/mol. The van der Waals surface area contributed by atoms with Crippen LogP contribution in [0.2, 0.25) is 0 Å². The van der Waals surface area contributed by atoms with Gasteiger partial charge in [0.05, 0.1) is 12.7 Å². The molecule has 0 saturated heterocycles. The van der Waals surface area contributed by atoms with Gasteiger partial charge in [-0.15, -0.1) is 0 Å². The summed E-state index contributed by atoms with van der Waals surface area (Å²) in [6, 6.07) is 8.35. The first kappa shape index (κ1) is 12.4. The topological polar surface area (TPSA) is 18.5 Å². The van der Waals surface area contributed by atoms with Crippen molar-refractivity contribution in [2.45, 2.75) is 45.1 Å². The highest BCUT2D eigenvalue weighted by Crippen LogP contribution is 2.25. The molecule has 17 heavy (non-hydrogen) atoms. The Labute approximate surface area is 104 Å². The van der Waals surface area contributed by atoms with Gasteiger partial charge < -0.3 is 9.47 Å². The van der Waals surface area contributed by atoms with Crippen LogP contribution in [-0.4, -0.2) is 19.3 Å². The summed E-state index contributed by atoms with van der Waals surface area (Å²) in [4.78, 5) is 0. The molecule has 0 N–H and O–H groups in total. The summed E-state index contributed by atoms with van der Waals surface area (Å²) in [6.45, 7) is 7.99. The first-order chi connectivity index (χ1) is 8.05. The van der Waals surface area contributed by atoms with Crippen molar-refractivity contribution in [2.24, 2.45) is 0 Å². The van der Waals surface area contributed by atoms with Crippen LogP contribution in [0.1, 0.15) is 39.2 Å². The Morgan fingerprint density at radius 1 is 1.06 bits per heavy atom. The van der Waals surface area contributed by atoms with Crippen LogP contribution in [0.3, 0.4) is 0 Å². The molecule has 2 rings (SSSR count).